The molecule has 0 aromatic rings. The quantitative estimate of drug-likeness (QED) is 0.370. The first kappa shape index (κ1) is 14.7. The highest BCUT2D eigenvalue weighted by Crippen LogP contribution is 2.06. The molecule has 0 aliphatic carbocycles. The van der Waals surface area contributed by atoms with Crippen molar-refractivity contribution in [1.82, 2.24) is 5.32 Å². The van der Waals surface area contributed by atoms with Crippen LogP contribution < -0.4 is 5.32 Å². The van der Waals surface area contributed by atoms with Crippen molar-refractivity contribution in [3.05, 3.63) is 12.2 Å². The molecular weight excluding hydrogens is 200 g/mol. The maximum absolute atomic E-state index is 11.1. The third-order valence-corrected chi connectivity index (χ3v) is 2.47. The van der Waals surface area contributed by atoms with Crippen molar-refractivity contribution >= 4 is 5.91 Å². The van der Waals surface area contributed by atoms with Crippen molar-refractivity contribution in [2.45, 2.75) is 51.9 Å². The fourth-order valence-electron chi connectivity index (χ4n) is 1.44. The van der Waals surface area contributed by atoms with Crippen LogP contribution in [-0.4, -0.2) is 12.5 Å². The lowest BCUT2D eigenvalue weighted by molar-refractivity contribution is -0.117. The van der Waals surface area contributed by atoms with Crippen LogP contribution in [0.2, 0.25) is 0 Å². The summed E-state index contributed by atoms with van der Waals surface area (Å²) in [5, 5.41) is 11.1. The zero-order valence-electron chi connectivity index (χ0n) is 10.2. The fraction of sp³-hybridized carbons (Fsp3) is 0.692. The van der Waals surface area contributed by atoms with Crippen molar-refractivity contribution in [1.29, 1.82) is 5.26 Å². The molecule has 3 heteroatoms. The number of unbranched alkanes of at least 4 members (excludes halogenated alkanes) is 6. The molecule has 0 aliphatic rings. The van der Waals surface area contributed by atoms with Crippen LogP contribution in [0.3, 0.4) is 0 Å². The predicted molar refractivity (Wildman–Crippen MR) is 65.8 cm³/mol. The Labute approximate surface area is 98.5 Å². The van der Waals surface area contributed by atoms with Crippen molar-refractivity contribution in [2.75, 3.05) is 6.54 Å². The first-order valence-corrected chi connectivity index (χ1v) is 6.09. The third-order valence-electron chi connectivity index (χ3n) is 2.47. The number of nitriles is 1. The minimum absolute atomic E-state index is 0.0112. The normalized spacial score (nSPS) is 9.50. The van der Waals surface area contributed by atoms with E-state index in [1.165, 1.54) is 32.1 Å². The van der Waals surface area contributed by atoms with E-state index in [-0.39, 0.29) is 11.5 Å². The second-order valence-electron chi connectivity index (χ2n) is 3.97. The minimum Gasteiger partial charge on any atom is -0.351 e. The van der Waals surface area contributed by atoms with E-state index >= 15 is 0 Å². The van der Waals surface area contributed by atoms with E-state index in [2.05, 4.69) is 18.8 Å². The van der Waals surface area contributed by atoms with Crippen LogP contribution >= 0.6 is 0 Å². The number of hydrogen-bond acceptors (Lipinski definition) is 2. The van der Waals surface area contributed by atoms with Gasteiger partial charge in [0, 0.05) is 6.54 Å². The summed E-state index contributed by atoms with van der Waals surface area (Å²) in [5.41, 5.74) is -0.0112. The molecule has 0 unspecified atom stereocenters. The standard InChI is InChI=1S/C13H22N2O/c1-3-4-5-6-7-8-9-10-15-13(16)12(2)11-14/h2-10H2,1H3,(H,15,16). The Hall–Kier alpha value is -1.30. The van der Waals surface area contributed by atoms with Crippen LogP contribution in [-0.2, 0) is 4.79 Å². The monoisotopic (exact) mass is 222 g/mol. The van der Waals surface area contributed by atoms with Crippen LogP contribution in [0.1, 0.15) is 51.9 Å². The zero-order valence-corrected chi connectivity index (χ0v) is 10.2. The second-order valence-corrected chi connectivity index (χ2v) is 3.97. The summed E-state index contributed by atoms with van der Waals surface area (Å²) in [5.74, 6) is -0.339. The molecule has 0 aromatic carbocycles. The van der Waals surface area contributed by atoms with E-state index in [1.807, 2.05) is 0 Å². The summed E-state index contributed by atoms with van der Waals surface area (Å²) in [6.45, 7) is 6.20. The molecule has 0 heterocycles. The van der Waals surface area contributed by atoms with Crippen molar-refractivity contribution < 1.29 is 4.79 Å². The molecule has 0 aliphatic heterocycles. The molecule has 0 bridgehead atoms. The number of amides is 1. The first-order chi connectivity index (χ1) is 7.72. The summed E-state index contributed by atoms with van der Waals surface area (Å²) in [6, 6.07) is 1.73. The summed E-state index contributed by atoms with van der Waals surface area (Å²) in [7, 11) is 0. The van der Waals surface area contributed by atoms with Gasteiger partial charge in [-0.2, -0.15) is 5.26 Å². The Morgan fingerprint density at radius 3 is 2.31 bits per heavy atom. The Bertz CT molecular complexity index is 253. The smallest absolute Gasteiger partial charge is 0.261 e. The van der Waals surface area contributed by atoms with E-state index in [0.29, 0.717) is 6.54 Å². The molecule has 0 spiro atoms. The maximum Gasteiger partial charge on any atom is 0.261 e. The number of nitrogens with one attached hydrogen (secondary N) is 1. The average Bonchev–Trinajstić information content (AvgIpc) is 2.31. The van der Waals surface area contributed by atoms with Crippen LogP contribution in [0, 0.1) is 11.3 Å². The number of carbonyl (C=O) groups excluding carboxylic acids is 1. The molecule has 0 radical (unpaired) electrons. The molecular formula is C13H22N2O. The summed E-state index contributed by atoms with van der Waals surface area (Å²) >= 11 is 0. The molecule has 1 amide bonds. The second kappa shape index (κ2) is 10.2. The van der Waals surface area contributed by atoms with Gasteiger partial charge < -0.3 is 5.32 Å². The lowest BCUT2D eigenvalue weighted by Crippen LogP contribution is -2.25. The highest BCUT2D eigenvalue weighted by Gasteiger charge is 2.03. The molecule has 0 aromatic heterocycles. The molecule has 0 fully saturated rings. The molecule has 3 nitrogen and oxygen atoms in total. The average molecular weight is 222 g/mol. The predicted octanol–water partition coefficient (Wildman–Crippen LogP) is 2.93. The molecule has 0 saturated carbocycles. The summed E-state index contributed by atoms with van der Waals surface area (Å²) < 4.78 is 0. The van der Waals surface area contributed by atoms with Gasteiger partial charge in [0.05, 0.1) is 0 Å². The molecule has 0 atom stereocenters. The Morgan fingerprint density at radius 1 is 1.19 bits per heavy atom. The summed E-state index contributed by atoms with van der Waals surface area (Å²) in [6.07, 6.45) is 8.54. The fourth-order valence-corrected chi connectivity index (χ4v) is 1.44. The Balaban J connectivity index is 3.25. The number of rotatable bonds is 9. The van der Waals surface area contributed by atoms with Gasteiger partial charge in [0.25, 0.3) is 5.91 Å². The molecule has 0 rings (SSSR count). The van der Waals surface area contributed by atoms with Gasteiger partial charge in [-0.15, -0.1) is 0 Å². The third kappa shape index (κ3) is 8.05. The lowest BCUT2D eigenvalue weighted by atomic mass is 10.1. The van der Waals surface area contributed by atoms with Gasteiger partial charge in [-0.1, -0.05) is 52.0 Å². The van der Waals surface area contributed by atoms with Crippen LogP contribution in [0.4, 0.5) is 0 Å². The van der Waals surface area contributed by atoms with Gasteiger partial charge in [-0.05, 0) is 6.42 Å². The largest absolute Gasteiger partial charge is 0.351 e. The summed E-state index contributed by atoms with van der Waals surface area (Å²) in [4.78, 5) is 11.1. The van der Waals surface area contributed by atoms with Crippen LogP contribution in [0.25, 0.3) is 0 Å². The molecule has 1 N–H and O–H groups in total. The highest BCUT2D eigenvalue weighted by molar-refractivity contribution is 5.96. The van der Waals surface area contributed by atoms with E-state index in [1.54, 1.807) is 6.07 Å². The first-order valence-electron chi connectivity index (χ1n) is 6.09. The molecule has 16 heavy (non-hydrogen) atoms. The van der Waals surface area contributed by atoms with E-state index in [0.717, 1.165) is 12.8 Å². The molecule has 90 valence electrons. The van der Waals surface area contributed by atoms with Gasteiger partial charge in [0.15, 0.2) is 0 Å². The van der Waals surface area contributed by atoms with E-state index in [9.17, 15) is 4.79 Å². The van der Waals surface area contributed by atoms with E-state index in [4.69, 9.17) is 5.26 Å². The number of nitrogens with zero attached hydrogens (tertiary/aromatic N) is 1. The maximum atomic E-state index is 11.1. The SMILES string of the molecule is C=C(C#N)C(=O)NCCCCCCCCC. The number of carbonyl (C=O) groups is 1. The van der Waals surface area contributed by atoms with Crippen molar-refractivity contribution in [3.8, 4) is 6.07 Å². The Morgan fingerprint density at radius 2 is 1.75 bits per heavy atom. The molecule has 0 saturated heterocycles. The van der Waals surface area contributed by atoms with Crippen molar-refractivity contribution in [2.24, 2.45) is 0 Å². The lowest BCUT2D eigenvalue weighted by Gasteiger charge is -2.03. The van der Waals surface area contributed by atoms with Gasteiger partial charge in [0.1, 0.15) is 11.6 Å². The van der Waals surface area contributed by atoms with Gasteiger partial charge in [-0.3, -0.25) is 4.79 Å². The minimum atomic E-state index is -0.339. The highest BCUT2D eigenvalue weighted by atomic mass is 16.1. The van der Waals surface area contributed by atoms with Crippen molar-refractivity contribution in [3.63, 3.8) is 0 Å². The number of hydrogen-bond donors (Lipinski definition) is 1. The van der Waals surface area contributed by atoms with E-state index < -0.39 is 0 Å². The van der Waals surface area contributed by atoms with Gasteiger partial charge in [-0.25, -0.2) is 0 Å². The van der Waals surface area contributed by atoms with Gasteiger partial charge in [0.2, 0.25) is 0 Å². The Kier molecular flexibility index (Phi) is 9.39. The topological polar surface area (TPSA) is 52.9 Å². The zero-order chi connectivity index (χ0) is 12.2. The van der Waals surface area contributed by atoms with Crippen LogP contribution in [0.5, 0.6) is 0 Å². The van der Waals surface area contributed by atoms with Gasteiger partial charge >= 0.3 is 0 Å². The van der Waals surface area contributed by atoms with Crippen LogP contribution in [0.15, 0.2) is 12.2 Å².